The summed E-state index contributed by atoms with van der Waals surface area (Å²) < 4.78 is 42.8. The van der Waals surface area contributed by atoms with E-state index in [2.05, 4.69) is 4.90 Å². The van der Waals surface area contributed by atoms with Crippen molar-refractivity contribution in [2.75, 3.05) is 53.1 Å². The van der Waals surface area contributed by atoms with Gasteiger partial charge in [-0.3, -0.25) is 9.63 Å². The SMILES string of the molecule is COCCN1CC[C@H]2OCC[C@@H](C(=O)N3CCCO3)[C@H]2C1.O=C(O)C(F)(F)F. The Morgan fingerprint density at radius 2 is 1.93 bits per heavy atom. The average molecular weight is 412 g/mol. The maximum atomic E-state index is 12.7. The number of carboxylic acids is 1. The maximum Gasteiger partial charge on any atom is 0.490 e. The molecule has 0 aromatic carbocycles. The van der Waals surface area contributed by atoms with Crippen molar-refractivity contribution in [2.24, 2.45) is 11.8 Å². The molecule has 0 aromatic rings. The Labute approximate surface area is 161 Å². The van der Waals surface area contributed by atoms with Gasteiger partial charge in [0, 0.05) is 45.2 Å². The van der Waals surface area contributed by atoms with Crippen molar-refractivity contribution in [1.29, 1.82) is 0 Å². The quantitative estimate of drug-likeness (QED) is 0.741. The number of fused-ring (bicyclic) bond motifs is 1. The summed E-state index contributed by atoms with van der Waals surface area (Å²) in [7, 11) is 1.73. The molecule has 8 nitrogen and oxygen atoms in total. The van der Waals surface area contributed by atoms with Crippen LogP contribution in [-0.4, -0.2) is 92.3 Å². The number of hydroxylamine groups is 2. The van der Waals surface area contributed by atoms with Gasteiger partial charge in [-0.1, -0.05) is 0 Å². The molecular weight excluding hydrogens is 385 g/mol. The summed E-state index contributed by atoms with van der Waals surface area (Å²) in [5.41, 5.74) is 0. The number of ether oxygens (including phenoxy) is 2. The Balaban J connectivity index is 0.000000345. The largest absolute Gasteiger partial charge is 0.490 e. The van der Waals surface area contributed by atoms with Crippen molar-refractivity contribution < 1.29 is 42.2 Å². The van der Waals surface area contributed by atoms with E-state index in [0.717, 1.165) is 52.0 Å². The Morgan fingerprint density at radius 3 is 2.50 bits per heavy atom. The number of alkyl halides is 3. The fraction of sp³-hybridized carbons (Fsp3) is 0.882. The lowest BCUT2D eigenvalue weighted by molar-refractivity contribution is -0.192. The molecule has 3 fully saturated rings. The van der Waals surface area contributed by atoms with Crippen LogP contribution in [0.25, 0.3) is 0 Å². The van der Waals surface area contributed by atoms with Crippen molar-refractivity contribution in [3.05, 3.63) is 0 Å². The van der Waals surface area contributed by atoms with E-state index in [-0.39, 0.29) is 17.9 Å². The average Bonchev–Trinajstić information content (AvgIpc) is 3.19. The lowest BCUT2D eigenvalue weighted by atomic mass is 9.79. The number of halogens is 3. The second kappa shape index (κ2) is 10.4. The van der Waals surface area contributed by atoms with Crippen LogP contribution in [-0.2, 0) is 23.9 Å². The minimum absolute atomic E-state index is 0.0483. The molecule has 0 unspecified atom stereocenters. The van der Waals surface area contributed by atoms with Crippen molar-refractivity contribution in [1.82, 2.24) is 9.96 Å². The van der Waals surface area contributed by atoms with Gasteiger partial charge in [0.05, 0.1) is 25.9 Å². The Bertz CT molecular complexity index is 528. The zero-order chi connectivity index (χ0) is 20.7. The molecule has 3 heterocycles. The van der Waals surface area contributed by atoms with Crippen LogP contribution in [0.1, 0.15) is 19.3 Å². The highest BCUT2D eigenvalue weighted by Crippen LogP contribution is 2.34. The van der Waals surface area contributed by atoms with Crippen LogP contribution in [0.5, 0.6) is 0 Å². The molecule has 0 bridgehead atoms. The van der Waals surface area contributed by atoms with Gasteiger partial charge < -0.3 is 19.5 Å². The first kappa shape index (κ1) is 22.9. The smallest absolute Gasteiger partial charge is 0.475 e. The number of aliphatic carboxylic acids is 1. The molecule has 0 radical (unpaired) electrons. The predicted octanol–water partition coefficient (Wildman–Crippen LogP) is 1.16. The topological polar surface area (TPSA) is 88.5 Å². The second-order valence-corrected chi connectivity index (χ2v) is 6.98. The molecule has 162 valence electrons. The highest BCUT2D eigenvalue weighted by atomic mass is 19.4. The first-order valence-electron chi connectivity index (χ1n) is 9.31. The lowest BCUT2D eigenvalue weighted by Gasteiger charge is -2.45. The van der Waals surface area contributed by atoms with Crippen LogP contribution >= 0.6 is 0 Å². The number of rotatable bonds is 4. The summed E-state index contributed by atoms with van der Waals surface area (Å²) >= 11 is 0. The van der Waals surface area contributed by atoms with Gasteiger partial charge in [-0.05, 0) is 19.3 Å². The van der Waals surface area contributed by atoms with Gasteiger partial charge in [-0.15, -0.1) is 0 Å². The number of piperidine rings is 1. The molecule has 1 N–H and O–H groups in total. The van der Waals surface area contributed by atoms with Crippen LogP contribution in [0.4, 0.5) is 13.2 Å². The van der Waals surface area contributed by atoms with Crippen LogP contribution in [0.3, 0.4) is 0 Å². The van der Waals surface area contributed by atoms with Crippen LogP contribution in [0.15, 0.2) is 0 Å². The zero-order valence-electron chi connectivity index (χ0n) is 15.8. The fourth-order valence-corrected chi connectivity index (χ4v) is 3.72. The summed E-state index contributed by atoms with van der Waals surface area (Å²) in [5.74, 6) is -2.25. The highest BCUT2D eigenvalue weighted by molar-refractivity contribution is 5.78. The normalized spacial score (nSPS) is 28.3. The number of carbonyl (C=O) groups excluding carboxylic acids is 1. The standard InChI is InChI=1S/C15H26N2O4.C2HF3O2/c1-19-10-7-16-6-3-14-13(11-16)12(4-9-20-14)15(18)17-5-2-8-21-17;3-2(4,5)1(6)7/h12-14H,2-11H2,1H3;(H,6,7)/t12-,13-,14-;/m1./s1. The number of hydrogen-bond donors (Lipinski definition) is 1. The first-order chi connectivity index (χ1) is 13.2. The first-order valence-corrected chi connectivity index (χ1v) is 9.31. The van der Waals surface area contributed by atoms with Gasteiger partial charge in [0.15, 0.2) is 0 Å². The summed E-state index contributed by atoms with van der Waals surface area (Å²) in [6.07, 6.45) is -2.07. The van der Waals surface area contributed by atoms with E-state index in [1.54, 1.807) is 12.2 Å². The van der Waals surface area contributed by atoms with Gasteiger partial charge >= 0.3 is 12.1 Å². The molecule has 0 aliphatic carbocycles. The Morgan fingerprint density at radius 1 is 1.21 bits per heavy atom. The van der Waals surface area contributed by atoms with Crippen molar-refractivity contribution in [3.8, 4) is 0 Å². The molecule has 3 aliphatic heterocycles. The van der Waals surface area contributed by atoms with E-state index >= 15 is 0 Å². The van der Waals surface area contributed by atoms with Gasteiger partial charge in [0.1, 0.15) is 0 Å². The lowest BCUT2D eigenvalue weighted by Crippen LogP contribution is -2.54. The highest BCUT2D eigenvalue weighted by Gasteiger charge is 2.43. The molecule has 3 aliphatic rings. The van der Waals surface area contributed by atoms with Gasteiger partial charge in [-0.2, -0.15) is 13.2 Å². The maximum absolute atomic E-state index is 12.7. The number of likely N-dealkylation sites (tertiary alicyclic amines) is 1. The molecule has 3 rings (SSSR count). The molecule has 0 spiro atoms. The summed E-state index contributed by atoms with van der Waals surface area (Å²) in [4.78, 5) is 29.4. The number of hydrogen-bond acceptors (Lipinski definition) is 6. The third kappa shape index (κ3) is 6.29. The third-order valence-corrected chi connectivity index (χ3v) is 5.12. The summed E-state index contributed by atoms with van der Waals surface area (Å²) in [5, 5.41) is 8.71. The molecule has 0 saturated carbocycles. The van der Waals surface area contributed by atoms with E-state index < -0.39 is 12.1 Å². The number of carbonyl (C=O) groups is 2. The minimum atomic E-state index is -5.08. The summed E-state index contributed by atoms with van der Waals surface area (Å²) in [6.45, 7) is 5.74. The van der Waals surface area contributed by atoms with Crippen molar-refractivity contribution in [3.63, 3.8) is 0 Å². The molecular formula is C17H27F3N2O6. The van der Waals surface area contributed by atoms with Crippen molar-refractivity contribution in [2.45, 2.75) is 31.5 Å². The van der Waals surface area contributed by atoms with E-state index in [4.69, 9.17) is 24.2 Å². The van der Waals surface area contributed by atoms with Crippen molar-refractivity contribution >= 4 is 11.9 Å². The van der Waals surface area contributed by atoms with Gasteiger partial charge in [0.25, 0.3) is 0 Å². The van der Waals surface area contributed by atoms with Crippen LogP contribution in [0.2, 0.25) is 0 Å². The number of amides is 1. The number of nitrogens with zero attached hydrogens (tertiary/aromatic N) is 2. The summed E-state index contributed by atoms with van der Waals surface area (Å²) in [6, 6.07) is 0. The third-order valence-electron chi connectivity index (χ3n) is 5.12. The predicted molar refractivity (Wildman–Crippen MR) is 90.2 cm³/mol. The van der Waals surface area contributed by atoms with Gasteiger partial charge in [0.2, 0.25) is 5.91 Å². The molecule has 1 amide bonds. The van der Waals surface area contributed by atoms with Crippen LogP contribution < -0.4 is 0 Å². The van der Waals surface area contributed by atoms with E-state index in [0.29, 0.717) is 19.1 Å². The second-order valence-electron chi connectivity index (χ2n) is 6.98. The molecule has 3 atom stereocenters. The minimum Gasteiger partial charge on any atom is -0.475 e. The Hall–Kier alpha value is -1.43. The number of methoxy groups -OCH3 is 1. The van der Waals surface area contributed by atoms with Crippen LogP contribution in [0, 0.1) is 11.8 Å². The monoisotopic (exact) mass is 412 g/mol. The van der Waals surface area contributed by atoms with E-state index in [1.807, 2.05) is 0 Å². The molecule has 0 aromatic heterocycles. The number of carboxylic acid groups (broad SMARTS) is 1. The zero-order valence-corrected chi connectivity index (χ0v) is 15.8. The Kier molecular flexibility index (Phi) is 8.47. The fourth-order valence-electron chi connectivity index (χ4n) is 3.72. The van der Waals surface area contributed by atoms with E-state index in [9.17, 15) is 18.0 Å². The van der Waals surface area contributed by atoms with Gasteiger partial charge in [-0.25, -0.2) is 9.86 Å². The molecule has 3 saturated heterocycles. The van der Waals surface area contributed by atoms with E-state index in [1.165, 1.54) is 0 Å². The molecule has 11 heteroatoms. The molecule has 28 heavy (non-hydrogen) atoms.